The first kappa shape index (κ1) is 27.9. The van der Waals surface area contributed by atoms with Crippen LogP contribution in [0.25, 0.3) is 33.3 Å². The molecule has 3 aliphatic heterocycles. The first-order valence-corrected chi connectivity index (χ1v) is 16.3. The van der Waals surface area contributed by atoms with Gasteiger partial charge in [0.25, 0.3) is 0 Å². The lowest BCUT2D eigenvalue weighted by Crippen LogP contribution is -2.37. The molecular formula is C37H35N8O2+. The molecule has 0 radical (unpaired) electrons. The van der Waals surface area contributed by atoms with Crippen LogP contribution in [0.15, 0.2) is 91.3 Å². The molecule has 3 unspecified atom stereocenters. The number of nitrogens with zero attached hydrogens (tertiary/aromatic N) is 6. The summed E-state index contributed by atoms with van der Waals surface area (Å²) in [5.41, 5.74) is 7.36. The number of H-pyrrole nitrogens is 1. The molecule has 0 bridgehead atoms. The van der Waals surface area contributed by atoms with Gasteiger partial charge in [0.05, 0.1) is 30.5 Å². The van der Waals surface area contributed by atoms with Crippen molar-refractivity contribution in [1.29, 1.82) is 0 Å². The van der Waals surface area contributed by atoms with E-state index in [4.69, 9.17) is 19.8 Å². The van der Waals surface area contributed by atoms with Crippen LogP contribution in [-0.2, 0) is 16.0 Å². The number of aromatic amines is 1. The van der Waals surface area contributed by atoms with Crippen LogP contribution in [0.3, 0.4) is 0 Å². The Morgan fingerprint density at radius 2 is 1.81 bits per heavy atom. The number of carbonyl (C=O) groups is 1. The maximum absolute atomic E-state index is 11.8. The minimum absolute atomic E-state index is 0.461. The molecule has 10 heteroatoms. The van der Waals surface area contributed by atoms with Crippen molar-refractivity contribution in [3.63, 3.8) is 0 Å². The number of hydrogen-bond donors (Lipinski definition) is 2. The van der Waals surface area contributed by atoms with E-state index in [1.165, 1.54) is 11.3 Å². The Bertz CT molecular complexity index is 2180. The summed E-state index contributed by atoms with van der Waals surface area (Å²) in [6.07, 6.45) is 7.09. The number of quaternary nitrogens is 1. The Morgan fingerprint density at radius 1 is 1.00 bits per heavy atom. The van der Waals surface area contributed by atoms with Gasteiger partial charge < -0.3 is 19.9 Å². The van der Waals surface area contributed by atoms with Crippen molar-refractivity contribution in [3.05, 3.63) is 102 Å². The third-order valence-electron chi connectivity index (χ3n) is 10.2. The minimum Gasteiger partial charge on any atom is -0.378 e. The molecule has 6 aromatic rings. The van der Waals surface area contributed by atoms with Crippen LogP contribution >= 0.6 is 0 Å². The molecule has 6 heterocycles. The summed E-state index contributed by atoms with van der Waals surface area (Å²) in [4.78, 5) is 27.4. The van der Waals surface area contributed by atoms with E-state index in [1.807, 2.05) is 35.1 Å². The predicted molar refractivity (Wildman–Crippen MR) is 185 cm³/mol. The van der Waals surface area contributed by atoms with Gasteiger partial charge in [-0.2, -0.15) is 19.7 Å². The van der Waals surface area contributed by atoms with Crippen LogP contribution in [0, 0.1) is 0 Å². The van der Waals surface area contributed by atoms with Gasteiger partial charge in [-0.25, -0.2) is 4.48 Å². The summed E-state index contributed by atoms with van der Waals surface area (Å²) in [5, 5.41) is 10.4. The van der Waals surface area contributed by atoms with Crippen molar-refractivity contribution in [2.24, 2.45) is 0 Å². The molecule has 10 nitrogen and oxygen atoms in total. The van der Waals surface area contributed by atoms with Crippen LogP contribution in [-0.4, -0.2) is 69.4 Å². The molecule has 9 rings (SSSR count). The van der Waals surface area contributed by atoms with Gasteiger partial charge in [0.2, 0.25) is 5.95 Å². The van der Waals surface area contributed by atoms with Crippen molar-refractivity contribution in [2.75, 3.05) is 36.5 Å². The molecule has 2 saturated heterocycles. The zero-order valence-corrected chi connectivity index (χ0v) is 26.1. The second-order valence-electron chi connectivity index (χ2n) is 12.7. The molecule has 0 aliphatic carbocycles. The molecule has 2 N–H and O–H groups in total. The van der Waals surface area contributed by atoms with Crippen molar-refractivity contribution in [1.82, 2.24) is 29.2 Å². The first-order valence-electron chi connectivity index (χ1n) is 16.3. The highest BCUT2D eigenvalue weighted by molar-refractivity contribution is 6.12. The number of allylic oxidation sites excluding steroid dienone is 1. The smallest absolute Gasteiger partial charge is 0.229 e. The molecule has 3 aromatic heterocycles. The largest absolute Gasteiger partial charge is 0.378 e. The Hall–Kier alpha value is -5.32. The SMILES string of the molecule is CC1C(CCc2ccc(Nc3cc(-n4ncc5c6ccccc6[nH]c54)nc(N4CCOCC4)n3)cc2)[N+]12C=C(C=O)c1ccccc12. The number of carbonyl (C=O) groups excluding carboxylic acids is 1. The number of morpholine rings is 1. The average Bonchev–Trinajstić information content (AvgIpc) is 3.49. The quantitative estimate of drug-likeness (QED) is 0.119. The van der Waals surface area contributed by atoms with E-state index in [2.05, 4.69) is 82.9 Å². The van der Waals surface area contributed by atoms with Crippen LogP contribution in [0.2, 0.25) is 0 Å². The number of anilines is 3. The summed E-state index contributed by atoms with van der Waals surface area (Å²) in [5.74, 6) is 2.04. The number of ether oxygens (including phenoxy) is 1. The van der Waals surface area contributed by atoms with Crippen LogP contribution in [0.4, 0.5) is 23.1 Å². The van der Waals surface area contributed by atoms with Crippen LogP contribution in [0.1, 0.15) is 24.5 Å². The van der Waals surface area contributed by atoms with E-state index >= 15 is 0 Å². The van der Waals surface area contributed by atoms with Gasteiger partial charge in [-0.3, -0.25) is 4.79 Å². The number of rotatable bonds is 8. The average molecular weight is 624 g/mol. The third kappa shape index (κ3) is 4.55. The standard InChI is InChI=1S/C37H35N8O2/c1-24-32(45(24)22-26(23-46)28-6-3-5-9-33(28)45)15-12-25-10-13-27(14-11-25)39-34-20-35(42-37(41-34)43-16-18-47-19-17-43)44-36-30(21-38-44)29-7-2-4-8-31(29)40-36/h2-11,13-14,20-24,32,40H,12,15-19H2,1H3,(H,39,41,42)/q+1. The van der Waals surface area contributed by atoms with Crippen LogP contribution < -0.4 is 14.7 Å². The number of para-hydroxylation sites is 2. The molecule has 3 atom stereocenters. The van der Waals surface area contributed by atoms with Crippen molar-refractivity contribution in [2.45, 2.75) is 31.8 Å². The number of hydrogen-bond acceptors (Lipinski definition) is 7. The van der Waals surface area contributed by atoms with Gasteiger partial charge in [0, 0.05) is 53.6 Å². The highest BCUT2D eigenvalue weighted by Gasteiger charge is 2.66. The van der Waals surface area contributed by atoms with E-state index in [0.29, 0.717) is 42.9 Å². The van der Waals surface area contributed by atoms with Crippen molar-refractivity contribution < 1.29 is 9.53 Å². The molecule has 3 aliphatic rings. The second-order valence-corrected chi connectivity index (χ2v) is 12.7. The Labute approximate surface area is 271 Å². The molecule has 0 amide bonds. The van der Waals surface area contributed by atoms with Gasteiger partial charge >= 0.3 is 0 Å². The Kier molecular flexibility index (Phi) is 6.48. The predicted octanol–water partition coefficient (Wildman–Crippen LogP) is 6.14. The molecule has 1 spiro atoms. The van der Waals surface area contributed by atoms with Gasteiger partial charge in [-0.15, -0.1) is 0 Å². The van der Waals surface area contributed by atoms with Gasteiger partial charge in [-0.1, -0.05) is 42.5 Å². The van der Waals surface area contributed by atoms with E-state index in [9.17, 15) is 4.79 Å². The normalized spacial score (nSPS) is 21.7. The van der Waals surface area contributed by atoms with Crippen LogP contribution in [0.5, 0.6) is 0 Å². The highest BCUT2D eigenvalue weighted by atomic mass is 16.5. The number of nitrogens with one attached hydrogen (secondary N) is 2. The molecule has 3 aromatic carbocycles. The minimum atomic E-state index is 0.461. The van der Waals surface area contributed by atoms with Gasteiger partial charge in [0.1, 0.15) is 29.4 Å². The number of aldehydes is 1. The zero-order valence-electron chi connectivity index (χ0n) is 26.1. The lowest BCUT2D eigenvalue weighted by atomic mass is 10.1. The maximum atomic E-state index is 11.8. The molecule has 2 fully saturated rings. The molecule has 47 heavy (non-hydrogen) atoms. The van der Waals surface area contributed by atoms with Crippen molar-refractivity contribution >= 4 is 56.9 Å². The second kappa shape index (κ2) is 10.9. The fraction of sp³-hybridized carbons (Fsp3) is 0.243. The highest BCUT2D eigenvalue weighted by Crippen LogP contribution is 2.55. The van der Waals surface area contributed by atoms with E-state index in [1.54, 1.807) is 0 Å². The lowest BCUT2D eigenvalue weighted by Gasteiger charge is -2.27. The number of benzene rings is 3. The maximum Gasteiger partial charge on any atom is 0.229 e. The number of fused-ring (bicyclic) bond motifs is 5. The van der Waals surface area contributed by atoms with Gasteiger partial charge in [0.15, 0.2) is 18.1 Å². The number of aryl methyl sites for hydroxylation is 1. The zero-order chi connectivity index (χ0) is 31.5. The summed E-state index contributed by atoms with van der Waals surface area (Å²) < 4.78 is 8.25. The molecule has 234 valence electrons. The van der Waals surface area contributed by atoms with Crippen molar-refractivity contribution in [3.8, 4) is 5.82 Å². The van der Waals surface area contributed by atoms with E-state index in [-0.39, 0.29) is 0 Å². The fourth-order valence-corrected chi connectivity index (χ4v) is 7.69. The summed E-state index contributed by atoms with van der Waals surface area (Å²) in [6, 6.07) is 28.1. The Balaban J connectivity index is 0.958. The summed E-state index contributed by atoms with van der Waals surface area (Å²) in [7, 11) is 0. The topological polar surface area (TPSA) is 101 Å². The number of aromatic nitrogens is 5. The lowest BCUT2D eigenvalue weighted by molar-refractivity contribution is -0.103. The first-order chi connectivity index (χ1) is 23.1. The summed E-state index contributed by atoms with van der Waals surface area (Å²) >= 11 is 0. The third-order valence-corrected chi connectivity index (χ3v) is 10.2. The monoisotopic (exact) mass is 623 g/mol. The van der Waals surface area contributed by atoms with E-state index < -0.39 is 0 Å². The van der Waals surface area contributed by atoms with E-state index in [0.717, 1.165) is 75.5 Å². The molecule has 0 saturated carbocycles. The Morgan fingerprint density at radius 3 is 2.66 bits per heavy atom. The fourth-order valence-electron chi connectivity index (χ4n) is 7.69. The summed E-state index contributed by atoms with van der Waals surface area (Å²) in [6.45, 7) is 5.05. The molecular weight excluding hydrogens is 588 g/mol. The van der Waals surface area contributed by atoms with Gasteiger partial charge in [-0.05, 0) is 43.2 Å².